The van der Waals surface area contributed by atoms with Crippen LogP contribution in [0, 0.1) is 0 Å². The molecule has 1 aliphatic rings. The van der Waals surface area contributed by atoms with Gasteiger partial charge in [-0.1, -0.05) is 37.6 Å². The molecular formula is C23H23NO5. The second kappa shape index (κ2) is 9.68. The molecule has 0 unspecified atom stereocenters. The van der Waals surface area contributed by atoms with Crippen molar-refractivity contribution in [3.05, 3.63) is 71.3 Å². The summed E-state index contributed by atoms with van der Waals surface area (Å²) in [4.78, 5) is 37.5. The number of nitrogens with zero attached hydrogens (tertiary/aromatic N) is 1. The lowest BCUT2D eigenvalue weighted by Gasteiger charge is -2.13. The first-order valence-corrected chi connectivity index (χ1v) is 9.63. The number of amides is 2. The van der Waals surface area contributed by atoms with Crippen LogP contribution in [0.1, 0.15) is 46.0 Å². The molecule has 1 aliphatic heterocycles. The Bertz CT molecular complexity index is 882. The van der Waals surface area contributed by atoms with Crippen molar-refractivity contribution in [3.8, 4) is 5.75 Å². The van der Waals surface area contributed by atoms with Crippen LogP contribution in [0.5, 0.6) is 5.75 Å². The van der Waals surface area contributed by atoms with Crippen LogP contribution in [-0.4, -0.2) is 42.4 Å². The lowest BCUT2D eigenvalue weighted by molar-refractivity contribution is -0.137. The third-order valence-electron chi connectivity index (χ3n) is 4.50. The third-order valence-corrected chi connectivity index (χ3v) is 4.50. The maximum Gasteiger partial charge on any atom is 0.330 e. The summed E-state index contributed by atoms with van der Waals surface area (Å²) in [5.41, 5.74) is 1.60. The molecule has 0 saturated carbocycles. The molecule has 3 rings (SSSR count). The van der Waals surface area contributed by atoms with E-state index >= 15 is 0 Å². The number of ether oxygens (including phenoxy) is 2. The van der Waals surface area contributed by atoms with Crippen molar-refractivity contribution in [2.45, 2.75) is 19.8 Å². The number of imide groups is 1. The third kappa shape index (κ3) is 5.10. The molecule has 29 heavy (non-hydrogen) atoms. The van der Waals surface area contributed by atoms with E-state index in [4.69, 9.17) is 9.47 Å². The second-order valence-electron chi connectivity index (χ2n) is 6.58. The van der Waals surface area contributed by atoms with E-state index in [2.05, 4.69) is 6.92 Å². The highest BCUT2D eigenvalue weighted by atomic mass is 16.5. The normalized spacial score (nSPS) is 13.1. The first-order chi connectivity index (χ1) is 14.1. The zero-order chi connectivity index (χ0) is 20.6. The topological polar surface area (TPSA) is 72.9 Å². The fraction of sp³-hybridized carbons (Fsp3) is 0.261. The van der Waals surface area contributed by atoms with Crippen LogP contribution in [0.15, 0.2) is 54.6 Å². The maximum atomic E-state index is 12.2. The fourth-order valence-corrected chi connectivity index (χ4v) is 2.90. The van der Waals surface area contributed by atoms with Gasteiger partial charge in [-0.15, -0.1) is 0 Å². The summed E-state index contributed by atoms with van der Waals surface area (Å²) >= 11 is 0. The van der Waals surface area contributed by atoms with E-state index in [0.717, 1.165) is 29.1 Å². The second-order valence-corrected chi connectivity index (χ2v) is 6.58. The maximum absolute atomic E-state index is 12.2. The molecule has 0 radical (unpaired) electrons. The minimum atomic E-state index is -0.537. The largest absolute Gasteiger partial charge is 0.494 e. The van der Waals surface area contributed by atoms with Crippen molar-refractivity contribution < 1.29 is 23.9 Å². The highest BCUT2D eigenvalue weighted by Gasteiger charge is 2.34. The van der Waals surface area contributed by atoms with Gasteiger partial charge in [0.2, 0.25) is 0 Å². The number of hydrogen-bond donors (Lipinski definition) is 0. The molecule has 0 fully saturated rings. The van der Waals surface area contributed by atoms with Crippen molar-refractivity contribution >= 4 is 23.9 Å². The van der Waals surface area contributed by atoms with Gasteiger partial charge in [-0.05, 0) is 42.3 Å². The molecule has 2 aromatic rings. The van der Waals surface area contributed by atoms with E-state index in [0.29, 0.717) is 17.7 Å². The zero-order valence-corrected chi connectivity index (χ0v) is 16.3. The monoisotopic (exact) mass is 393 g/mol. The van der Waals surface area contributed by atoms with Crippen molar-refractivity contribution in [3.63, 3.8) is 0 Å². The fourth-order valence-electron chi connectivity index (χ4n) is 2.90. The number of unbranched alkanes of at least 4 members (excludes halogenated alkanes) is 1. The van der Waals surface area contributed by atoms with E-state index in [-0.39, 0.29) is 25.0 Å². The van der Waals surface area contributed by atoms with Crippen molar-refractivity contribution in [2.75, 3.05) is 19.8 Å². The van der Waals surface area contributed by atoms with Crippen LogP contribution in [0.3, 0.4) is 0 Å². The number of carbonyl (C=O) groups is 3. The standard InChI is InChI=1S/C23H23NO5/c1-2-3-15-28-18-11-8-17(9-12-18)10-13-21(25)29-16-14-24-22(26)19-6-4-5-7-20(19)23(24)27/h4-13H,2-3,14-16H2,1H3/b13-10+. The van der Waals surface area contributed by atoms with Crippen LogP contribution < -0.4 is 4.74 Å². The molecule has 0 N–H and O–H groups in total. The van der Waals surface area contributed by atoms with Crippen molar-refractivity contribution in [1.82, 2.24) is 4.90 Å². The lowest BCUT2D eigenvalue weighted by Crippen LogP contribution is -2.33. The lowest BCUT2D eigenvalue weighted by atomic mass is 10.1. The Hall–Kier alpha value is -3.41. The van der Waals surface area contributed by atoms with Gasteiger partial charge in [0.05, 0.1) is 24.3 Å². The van der Waals surface area contributed by atoms with Crippen molar-refractivity contribution in [1.29, 1.82) is 0 Å². The number of hydrogen-bond acceptors (Lipinski definition) is 5. The number of esters is 1. The van der Waals surface area contributed by atoms with E-state index < -0.39 is 5.97 Å². The van der Waals surface area contributed by atoms with Crippen LogP contribution in [0.2, 0.25) is 0 Å². The summed E-state index contributed by atoms with van der Waals surface area (Å²) in [6.07, 6.45) is 5.04. The van der Waals surface area contributed by atoms with E-state index in [9.17, 15) is 14.4 Å². The Kier molecular flexibility index (Phi) is 6.79. The van der Waals surface area contributed by atoms with E-state index in [1.54, 1.807) is 30.3 Å². The average molecular weight is 393 g/mol. The first-order valence-electron chi connectivity index (χ1n) is 9.63. The SMILES string of the molecule is CCCCOc1ccc(/C=C/C(=O)OCCN2C(=O)c3ccccc3C2=O)cc1. The minimum absolute atomic E-state index is 0.0235. The molecule has 0 aromatic heterocycles. The number of fused-ring (bicyclic) bond motifs is 1. The molecule has 0 bridgehead atoms. The molecule has 2 amide bonds. The summed E-state index contributed by atoms with van der Waals surface area (Å²) in [7, 11) is 0. The number of benzene rings is 2. The first kappa shape index (κ1) is 20.3. The van der Waals surface area contributed by atoms with Gasteiger partial charge < -0.3 is 9.47 Å². The number of rotatable bonds is 9. The zero-order valence-electron chi connectivity index (χ0n) is 16.3. The van der Waals surface area contributed by atoms with Crippen LogP contribution in [0.25, 0.3) is 6.08 Å². The van der Waals surface area contributed by atoms with Crippen LogP contribution >= 0.6 is 0 Å². The van der Waals surface area contributed by atoms with E-state index in [1.165, 1.54) is 6.08 Å². The van der Waals surface area contributed by atoms with Crippen LogP contribution in [0.4, 0.5) is 0 Å². The highest BCUT2D eigenvalue weighted by molar-refractivity contribution is 6.21. The summed E-state index contributed by atoms with van der Waals surface area (Å²) in [6, 6.07) is 14.1. The Morgan fingerprint density at radius 3 is 2.24 bits per heavy atom. The van der Waals surface area contributed by atoms with Gasteiger partial charge in [0, 0.05) is 6.08 Å². The molecule has 0 atom stereocenters. The summed E-state index contributed by atoms with van der Waals surface area (Å²) < 4.78 is 10.7. The molecule has 1 heterocycles. The number of carbonyl (C=O) groups excluding carboxylic acids is 3. The van der Waals surface area contributed by atoms with Gasteiger partial charge in [0.1, 0.15) is 12.4 Å². The van der Waals surface area contributed by atoms with Gasteiger partial charge in [-0.2, -0.15) is 0 Å². The quantitative estimate of drug-likeness (QED) is 0.281. The molecule has 150 valence electrons. The minimum Gasteiger partial charge on any atom is -0.494 e. The molecular weight excluding hydrogens is 370 g/mol. The van der Waals surface area contributed by atoms with Gasteiger partial charge in [0.15, 0.2) is 0 Å². The molecule has 6 nitrogen and oxygen atoms in total. The summed E-state index contributed by atoms with van der Waals surface area (Å²) in [5, 5.41) is 0. The Labute approximate surface area is 169 Å². The highest BCUT2D eigenvalue weighted by Crippen LogP contribution is 2.22. The predicted octanol–water partition coefficient (Wildman–Crippen LogP) is 3.72. The Morgan fingerprint density at radius 1 is 0.966 bits per heavy atom. The Morgan fingerprint density at radius 2 is 1.62 bits per heavy atom. The van der Waals surface area contributed by atoms with Gasteiger partial charge in [-0.3, -0.25) is 14.5 Å². The molecule has 6 heteroatoms. The van der Waals surface area contributed by atoms with E-state index in [1.807, 2.05) is 24.3 Å². The average Bonchev–Trinajstić information content (AvgIpc) is 2.98. The van der Waals surface area contributed by atoms with Crippen molar-refractivity contribution in [2.24, 2.45) is 0 Å². The van der Waals surface area contributed by atoms with Gasteiger partial charge in [-0.25, -0.2) is 4.79 Å². The smallest absolute Gasteiger partial charge is 0.330 e. The molecule has 0 aliphatic carbocycles. The summed E-state index contributed by atoms with van der Waals surface area (Å²) in [6.45, 7) is 2.76. The van der Waals surface area contributed by atoms with Crippen LogP contribution in [-0.2, 0) is 9.53 Å². The molecule has 2 aromatic carbocycles. The van der Waals surface area contributed by atoms with Gasteiger partial charge >= 0.3 is 5.97 Å². The summed E-state index contributed by atoms with van der Waals surface area (Å²) in [5.74, 6) is -0.471. The molecule has 0 saturated heterocycles. The predicted molar refractivity (Wildman–Crippen MR) is 109 cm³/mol. The molecule has 0 spiro atoms. The Balaban J connectivity index is 1.44. The van der Waals surface area contributed by atoms with Gasteiger partial charge in [0.25, 0.3) is 11.8 Å².